The Morgan fingerprint density at radius 2 is 1.61 bits per heavy atom. The van der Waals surface area contributed by atoms with Crippen LogP contribution in [-0.2, 0) is 4.79 Å². The maximum Gasteiger partial charge on any atom is 0.325 e. The molecule has 3 amide bonds. The standard InChI is InChI=1S/C17H22FN3O2/c18-14-5-7-15(8-6-14)21-12-11-20(17(21)23)13-16(22)19-9-3-1-2-4-10-19/h5-8H,1-4,9-13H2. The van der Waals surface area contributed by atoms with E-state index in [0.29, 0.717) is 18.8 Å². The van der Waals surface area contributed by atoms with Crippen molar-refractivity contribution in [1.82, 2.24) is 9.80 Å². The summed E-state index contributed by atoms with van der Waals surface area (Å²) in [7, 11) is 0. The van der Waals surface area contributed by atoms with Crippen LogP contribution in [0, 0.1) is 5.82 Å². The maximum atomic E-state index is 13.0. The van der Waals surface area contributed by atoms with Gasteiger partial charge in [0.2, 0.25) is 5.91 Å². The number of likely N-dealkylation sites (tertiary alicyclic amines) is 1. The molecule has 2 fully saturated rings. The van der Waals surface area contributed by atoms with Gasteiger partial charge in [-0.25, -0.2) is 9.18 Å². The third kappa shape index (κ3) is 3.63. The van der Waals surface area contributed by atoms with Crippen LogP contribution in [0.5, 0.6) is 0 Å². The molecule has 1 aromatic rings. The van der Waals surface area contributed by atoms with E-state index in [0.717, 1.165) is 25.9 Å². The first kappa shape index (κ1) is 15.8. The number of amides is 3. The number of hydrogen-bond donors (Lipinski definition) is 0. The van der Waals surface area contributed by atoms with Crippen LogP contribution >= 0.6 is 0 Å². The lowest BCUT2D eigenvalue weighted by atomic mass is 10.2. The quantitative estimate of drug-likeness (QED) is 0.859. The highest BCUT2D eigenvalue weighted by Crippen LogP contribution is 2.21. The number of rotatable bonds is 3. The van der Waals surface area contributed by atoms with Gasteiger partial charge in [0.15, 0.2) is 0 Å². The average Bonchev–Trinajstić information content (AvgIpc) is 2.78. The Labute approximate surface area is 135 Å². The zero-order chi connectivity index (χ0) is 16.2. The molecular weight excluding hydrogens is 297 g/mol. The summed E-state index contributed by atoms with van der Waals surface area (Å²) in [6, 6.07) is 5.68. The summed E-state index contributed by atoms with van der Waals surface area (Å²) in [5.41, 5.74) is 0.668. The van der Waals surface area contributed by atoms with E-state index in [2.05, 4.69) is 0 Å². The molecule has 23 heavy (non-hydrogen) atoms. The second-order valence-electron chi connectivity index (χ2n) is 6.13. The van der Waals surface area contributed by atoms with Crippen LogP contribution in [0.2, 0.25) is 0 Å². The Morgan fingerprint density at radius 1 is 0.957 bits per heavy atom. The van der Waals surface area contributed by atoms with Crippen molar-refractivity contribution in [3.05, 3.63) is 30.1 Å². The smallest absolute Gasteiger partial charge is 0.325 e. The lowest BCUT2D eigenvalue weighted by Crippen LogP contribution is -2.42. The van der Waals surface area contributed by atoms with Crippen LogP contribution in [0.25, 0.3) is 0 Å². The van der Waals surface area contributed by atoms with Crippen LogP contribution in [0.1, 0.15) is 25.7 Å². The largest absolute Gasteiger partial charge is 0.341 e. The molecule has 0 radical (unpaired) electrons. The van der Waals surface area contributed by atoms with Gasteiger partial charge in [-0.05, 0) is 37.1 Å². The summed E-state index contributed by atoms with van der Waals surface area (Å²) < 4.78 is 13.0. The Bertz CT molecular complexity index is 568. The minimum Gasteiger partial charge on any atom is -0.341 e. The predicted octanol–water partition coefficient (Wildman–Crippen LogP) is 2.47. The third-order valence-electron chi connectivity index (χ3n) is 4.52. The van der Waals surface area contributed by atoms with E-state index < -0.39 is 0 Å². The van der Waals surface area contributed by atoms with Crippen molar-refractivity contribution in [3.8, 4) is 0 Å². The maximum absolute atomic E-state index is 13.0. The molecule has 2 aliphatic heterocycles. The van der Waals surface area contributed by atoms with Crippen molar-refractivity contribution in [1.29, 1.82) is 0 Å². The fourth-order valence-corrected chi connectivity index (χ4v) is 3.17. The Kier molecular flexibility index (Phi) is 4.79. The first-order chi connectivity index (χ1) is 11.1. The van der Waals surface area contributed by atoms with Crippen LogP contribution < -0.4 is 4.90 Å². The lowest BCUT2D eigenvalue weighted by Gasteiger charge is -2.24. The van der Waals surface area contributed by atoms with E-state index in [4.69, 9.17) is 0 Å². The second-order valence-corrected chi connectivity index (χ2v) is 6.13. The summed E-state index contributed by atoms with van der Waals surface area (Å²) in [6.07, 6.45) is 4.43. The van der Waals surface area contributed by atoms with Crippen LogP contribution in [0.15, 0.2) is 24.3 Å². The van der Waals surface area contributed by atoms with E-state index in [1.807, 2.05) is 4.90 Å². The van der Waals surface area contributed by atoms with E-state index in [1.165, 1.54) is 25.0 Å². The van der Waals surface area contributed by atoms with Gasteiger partial charge in [0, 0.05) is 31.9 Å². The van der Waals surface area contributed by atoms with Crippen LogP contribution in [0.4, 0.5) is 14.9 Å². The first-order valence-corrected chi connectivity index (χ1v) is 8.25. The van der Waals surface area contributed by atoms with Gasteiger partial charge in [0.1, 0.15) is 12.4 Å². The topological polar surface area (TPSA) is 43.9 Å². The van der Waals surface area contributed by atoms with Gasteiger partial charge in [0.25, 0.3) is 0 Å². The molecule has 0 aliphatic carbocycles. The fraction of sp³-hybridized carbons (Fsp3) is 0.529. The summed E-state index contributed by atoms with van der Waals surface area (Å²) in [6.45, 7) is 2.77. The molecule has 2 saturated heterocycles. The highest BCUT2D eigenvalue weighted by atomic mass is 19.1. The lowest BCUT2D eigenvalue weighted by molar-refractivity contribution is -0.131. The van der Waals surface area contributed by atoms with E-state index in [1.54, 1.807) is 21.9 Å². The van der Waals surface area contributed by atoms with Gasteiger partial charge in [-0.1, -0.05) is 12.8 Å². The number of anilines is 1. The fourth-order valence-electron chi connectivity index (χ4n) is 3.17. The van der Waals surface area contributed by atoms with E-state index in [9.17, 15) is 14.0 Å². The normalized spacial score (nSPS) is 19.2. The summed E-state index contributed by atoms with van der Waals surface area (Å²) in [5, 5.41) is 0. The Morgan fingerprint density at radius 3 is 2.26 bits per heavy atom. The molecule has 0 unspecified atom stereocenters. The average molecular weight is 319 g/mol. The molecule has 2 heterocycles. The highest BCUT2D eigenvalue weighted by Gasteiger charge is 2.31. The summed E-state index contributed by atoms with van der Waals surface area (Å²) in [5.74, 6) is -0.296. The van der Waals surface area contributed by atoms with E-state index >= 15 is 0 Å². The predicted molar refractivity (Wildman–Crippen MR) is 85.8 cm³/mol. The molecule has 0 bridgehead atoms. The van der Waals surface area contributed by atoms with Crippen LogP contribution in [-0.4, -0.2) is 54.5 Å². The molecule has 0 atom stereocenters. The molecule has 0 aromatic heterocycles. The van der Waals surface area contributed by atoms with Gasteiger partial charge >= 0.3 is 6.03 Å². The number of benzene rings is 1. The van der Waals surface area contributed by atoms with Crippen LogP contribution in [0.3, 0.4) is 0 Å². The molecule has 3 rings (SSSR count). The van der Waals surface area contributed by atoms with Gasteiger partial charge in [-0.15, -0.1) is 0 Å². The third-order valence-corrected chi connectivity index (χ3v) is 4.52. The van der Waals surface area contributed by atoms with Gasteiger partial charge in [-0.2, -0.15) is 0 Å². The minimum absolute atomic E-state index is 0.0289. The number of nitrogens with zero attached hydrogens (tertiary/aromatic N) is 3. The molecule has 1 aromatic carbocycles. The van der Waals surface area contributed by atoms with Gasteiger partial charge < -0.3 is 9.80 Å². The summed E-state index contributed by atoms with van der Waals surface area (Å²) in [4.78, 5) is 29.9. The van der Waals surface area contributed by atoms with E-state index in [-0.39, 0.29) is 24.3 Å². The number of hydrogen-bond acceptors (Lipinski definition) is 2. The second kappa shape index (κ2) is 6.98. The monoisotopic (exact) mass is 319 g/mol. The van der Waals surface area contributed by atoms with Crippen molar-refractivity contribution < 1.29 is 14.0 Å². The molecule has 2 aliphatic rings. The molecule has 0 saturated carbocycles. The van der Waals surface area contributed by atoms with Crippen molar-refractivity contribution in [3.63, 3.8) is 0 Å². The first-order valence-electron chi connectivity index (χ1n) is 8.25. The Hall–Kier alpha value is -2.11. The minimum atomic E-state index is -0.325. The molecule has 0 spiro atoms. The molecule has 6 heteroatoms. The van der Waals surface area contributed by atoms with Gasteiger partial charge in [0.05, 0.1) is 0 Å². The highest BCUT2D eigenvalue weighted by molar-refractivity contribution is 5.96. The van der Waals surface area contributed by atoms with Crippen molar-refractivity contribution >= 4 is 17.6 Å². The SMILES string of the molecule is O=C(CN1CCN(c2ccc(F)cc2)C1=O)N1CCCCCC1. The molecule has 124 valence electrons. The van der Waals surface area contributed by atoms with Gasteiger partial charge in [-0.3, -0.25) is 9.69 Å². The number of halogens is 1. The summed E-state index contributed by atoms with van der Waals surface area (Å²) >= 11 is 0. The van der Waals surface area contributed by atoms with Crippen molar-refractivity contribution in [2.45, 2.75) is 25.7 Å². The van der Waals surface area contributed by atoms with Crippen molar-refractivity contribution in [2.75, 3.05) is 37.6 Å². The van der Waals surface area contributed by atoms with Crippen molar-refractivity contribution in [2.24, 2.45) is 0 Å². The number of carbonyl (C=O) groups excluding carboxylic acids is 2. The Balaban J connectivity index is 1.60. The zero-order valence-corrected chi connectivity index (χ0v) is 13.2. The zero-order valence-electron chi connectivity index (χ0n) is 13.2. The molecule has 5 nitrogen and oxygen atoms in total. The molecular formula is C17H22FN3O2. The number of carbonyl (C=O) groups is 2. The molecule has 0 N–H and O–H groups in total. The number of urea groups is 1.